The van der Waals surface area contributed by atoms with Crippen LogP contribution < -0.4 is 10.5 Å². The molecule has 0 aliphatic heterocycles. The molecule has 1 atom stereocenters. The first-order valence-corrected chi connectivity index (χ1v) is 5.66. The van der Waals surface area contributed by atoms with Crippen LogP contribution in [0.25, 0.3) is 0 Å². The number of hydrogen-bond acceptors (Lipinski definition) is 3. The zero-order valence-electron chi connectivity index (χ0n) is 10.4. The van der Waals surface area contributed by atoms with Crippen molar-refractivity contribution in [2.24, 2.45) is 5.73 Å². The van der Waals surface area contributed by atoms with Gasteiger partial charge in [0, 0.05) is 5.92 Å². The van der Waals surface area contributed by atoms with Crippen LogP contribution in [0.4, 0.5) is 0 Å². The molecule has 0 radical (unpaired) electrons. The molecule has 3 nitrogen and oxygen atoms in total. The molecule has 0 fully saturated rings. The molecule has 0 saturated heterocycles. The van der Waals surface area contributed by atoms with E-state index in [1.54, 1.807) is 7.11 Å². The minimum Gasteiger partial charge on any atom is -0.496 e. The van der Waals surface area contributed by atoms with Gasteiger partial charge < -0.3 is 15.4 Å². The Morgan fingerprint density at radius 1 is 1.31 bits per heavy atom. The van der Waals surface area contributed by atoms with E-state index in [4.69, 9.17) is 10.5 Å². The molecule has 0 aromatic heterocycles. The van der Waals surface area contributed by atoms with E-state index in [9.17, 15) is 0 Å². The molecular weight excluding hydrogens is 200 g/mol. The molecule has 16 heavy (non-hydrogen) atoms. The number of methoxy groups -OCH3 is 1. The second-order valence-electron chi connectivity index (χ2n) is 4.27. The van der Waals surface area contributed by atoms with Gasteiger partial charge in [-0.25, -0.2) is 0 Å². The van der Waals surface area contributed by atoms with E-state index in [0.29, 0.717) is 12.5 Å². The first-order valence-electron chi connectivity index (χ1n) is 5.66. The first-order chi connectivity index (χ1) is 7.69. The predicted molar refractivity (Wildman–Crippen MR) is 68.0 cm³/mol. The summed E-state index contributed by atoms with van der Waals surface area (Å²) in [6, 6.07) is 8.12. The average molecular weight is 222 g/mol. The topological polar surface area (TPSA) is 38.5 Å². The van der Waals surface area contributed by atoms with Crippen molar-refractivity contribution in [3.63, 3.8) is 0 Å². The number of para-hydroxylation sites is 1. The molecule has 1 aromatic carbocycles. The fraction of sp³-hybridized carbons (Fsp3) is 0.538. The van der Waals surface area contributed by atoms with Crippen LogP contribution in [0.1, 0.15) is 17.9 Å². The van der Waals surface area contributed by atoms with E-state index in [-0.39, 0.29) is 0 Å². The van der Waals surface area contributed by atoms with Crippen LogP contribution in [0.3, 0.4) is 0 Å². The van der Waals surface area contributed by atoms with Crippen LogP contribution in [-0.2, 0) is 0 Å². The molecule has 0 bridgehead atoms. The lowest BCUT2D eigenvalue weighted by molar-refractivity contribution is 0.371. The first kappa shape index (κ1) is 13.0. The summed E-state index contributed by atoms with van der Waals surface area (Å²) in [7, 11) is 5.87. The highest BCUT2D eigenvalue weighted by molar-refractivity contribution is 5.36. The summed E-state index contributed by atoms with van der Waals surface area (Å²) < 4.78 is 5.37. The molecule has 1 rings (SSSR count). The van der Waals surface area contributed by atoms with Gasteiger partial charge in [-0.3, -0.25) is 0 Å². The van der Waals surface area contributed by atoms with E-state index in [1.165, 1.54) is 5.56 Å². The largest absolute Gasteiger partial charge is 0.496 e. The summed E-state index contributed by atoms with van der Waals surface area (Å²) in [6.45, 7) is 1.70. The number of nitrogens with zero attached hydrogens (tertiary/aromatic N) is 1. The minimum atomic E-state index is 0.374. The highest BCUT2D eigenvalue weighted by Crippen LogP contribution is 2.27. The Kier molecular flexibility index (Phi) is 5.29. The standard InChI is InChI=1S/C13H22N2O/c1-15(2)9-8-11(10-14)12-6-4-5-7-13(12)16-3/h4-7,11H,8-10,14H2,1-3H3. The average Bonchev–Trinajstić information content (AvgIpc) is 2.30. The summed E-state index contributed by atoms with van der Waals surface area (Å²) in [6.07, 6.45) is 1.06. The molecule has 0 aliphatic carbocycles. The molecule has 0 spiro atoms. The van der Waals surface area contributed by atoms with Crippen LogP contribution in [-0.4, -0.2) is 39.2 Å². The van der Waals surface area contributed by atoms with Gasteiger partial charge in [-0.15, -0.1) is 0 Å². The Labute approximate surface area is 98.2 Å². The predicted octanol–water partition coefficient (Wildman–Crippen LogP) is 1.69. The van der Waals surface area contributed by atoms with E-state index >= 15 is 0 Å². The Hall–Kier alpha value is -1.06. The van der Waals surface area contributed by atoms with Crippen molar-refractivity contribution in [1.82, 2.24) is 4.90 Å². The van der Waals surface area contributed by atoms with Gasteiger partial charge in [0.2, 0.25) is 0 Å². The molecular formula is C13H22N2O. The van der Waals surface area contributed by atoms with Crippen LogP contribution in [0, 0.1) is 0 Å². The third kappa shape index (κ3) is 3.51. The van der Waals surface area contributed by atoms with Crippen molar-refractivity contribution in [3.05, 3.63) is 29.8 Å². The SMILES string of the molecule is COc1ccccc1C(CN)CCN(C)C. The fourth-order valence-corrected chi connectivity index (χ4v) is 1.82. The van der Waals surface area contributed by atoms with Gasteiger partial charge >= 0.3 is 0 Å². The molecule has 0 saturated carbocycles. The fourth-order valence-electron chi connectivity index (χ4n) is 1.82. The van der Waals surface area contributed by atoms with E-state index in [0.717, 1.165) is 18.7 Å². The number of ether oxygens (including phenoxy) is 1. The smallest absolute Gasteiger partial charge is 0.122 e. The summed E-state index contributed by atoms with van der Waals surface area (Å²) in [5.41, 5.74) is 7.06. The Morgan fingerprint density at radius 3 is 2.56 bits per heavy atom. The molecule has 0 heterocycles. The number of rotatable bonds is 6. The van der Waals surface area contributed by atoms with Gasteiger partial charge in [-0.05, 0) is 45.2 Å². The molecule has 0 amide bonds. The molecule has 3 heteroatoms. The van der Waals surface area contributed by atoms with Crippen LogP contribution >= 0.6 is 0 Å². The molecule has 0 aliphatic rings. The van der Waals surface area contributed by atoms with Crippen molar-refractivity contribution < 1.29 is 4.74 Å². The second-order valence-corrected chi connectivity index (χ2v) is 4.27. The highest BCUT2D eigenvalue weighted by atomic mass is 16.5. The lowest BCUT2D eigenvalue weighted by Crippen LogP contribution is -2.20. The van der Waals surface area contributed by atoms with Gasteiger partial charge in [0.15, 0.2) is 0 Å². The third-order valence-corrected chi connectivity index (χ3v) is 2.79. The maximum atomic E-state index is 5.84. The van der Waals surface area contributed by atoms with Gasteiger partial charge in [-0.1, -0.05) is 18.2 Å². The van der Waals surface area contributed by atoms with Gasteiger partial charge in [-0.2, -0.15) is 0 Å². The van der Waals surface area contributed by atoms with Crippen LogP contribution in [0.2, 0.25) is 0 Å². The normalized spacial score (nSPS) is 12.8. The van der Waals surface area contributed by atoms with Crippen molar-refractivity contribution in [3.8, 4) is 5.75 Å². The molecule has 2 N–H and O–H groups in total. The lowest BCUT2D eigenvalue weighted by Gasteiger charge is -2.20. The third-order valence-electron chi connectivity index (χ3n) is 2.79. The Morgan fingerprint density at radius 2 is 2.00 bits per heavy atom. The van der Waals surface area contributed by atoms with Gasteiger partial charge in [0.1, 0.15) is 5.75 Å². The minimum absolute atomic E-state index is 0.374. The van der Waals surface area contributed by atoms with Crippen molar-refractivity contribution in [2.45, 2.75) is 12.3 Å². The molecule has 90 valence electrons. The summed E-state index contributed by atoms with van der Waals surface area (Å²) in [5, 5.41) is 0. The van der Waals surface area contributed by atoms with E-state index in [1.807, 2.05) is 18.2 Å². The summed E-state index contributed by atoms with van der Waals surface area (Å²) >= 11 is 0. The second kappa shape index (κ2) is 6.51. The Bertz CT molecular complexity index is 313. The number of hydrogen-bond donors (Lipinski definition) is 1. The zero-order valence-corrected chi connectivity index (χ0v) is 10.4. The van der Waals surface area contributed by atoms with Gasteiger partial charge in [0.05, 0.1) is 7.11 Å². The highest BCUT2D eigenvalue weighted by Gasteiger charge is 2.14. The van der Waals surface area contributed by atoms with Crippen molar-refractivity contribution >= 4 is 0 Å². The van der Waals surface area contributed by atoms with E-state index < -0.39 is 0 Å². The monoisotopic (exact) mass is 222 g/mol. The van der Waals surface area contributed by atoms with Crippen molar-refractivity contribution in [1.29, 1.82) is 0 Å². The molecule has 1 unspecified atom stereocenters. The quantitative estimate of drug-likeness (QED) is 0.796. The Balaban J connectivity index is 2.77. The van der Waals surface area contributed by atoms with Crippen LogP contribution in [0.15, 0.2) is 24.3 Å². The lowest BCUT2D eigenvalue weighted by atomic mass is 9.95. The number of benzene rings is 1. The number of nitrogens with two attached hydrogens (primary N) is 1. The van der Waals surface area contributed by atoms with Gasteiger partial charge in [0.25, 0.3) is 0 Å². The van der Waals surface area contributed by atoms with Crippen molar-refractivity contribution in [2.75, 3.05) is 34.3 Å². The maximum absolute atomic E-state index is 5.84. The summed E-state index contributed by atoms with van der Waals surface area (Å²) in [4.78, 5) is 2.18. The maximum Gasteiger partial charge on any atom is 0.122 e. The van der Waals surface area contributed by atoms with E-state index in [2.05, 4.69) is 25.1 Å². The van der Waals surface area contributed by atoms with Crippen LogP contribution in [0.5, 0.6) is 5.75 Å². The zero-order chi connectivity index (χ0) is 12.0. The molecule has 1 aromatic rings. The summed E-state index contributed by atoms with van der Waals surface area (Å²) in [5.74, 6) is 1.32.